The molecule has 0 aliphatic rings. The molecule has 0 radical (unpaired) electrons. The molecule has 0 aliphatic heterocycles. The van der Waals surface area contributed by atoms with E-state index in [1.165, 1.54) is 5.56 Å². The van der Waals surface area contributed by atoms with Crippen LogP contribution in [-0.4, -0.2) is 14.8 Å². The van der Waals surface area contributed by atoms with Crippen molar-refractivity contribution in [3.63, 3.8) is 0 Å². The topological polar surface area (TPSA) is 30.7 Å². The number of hydrogen-bond acceptors (Lipinski definition) is 2. The second kappa shape index (κ2) is 5.97. The van der Waals surface area contributed by atoms with Crippen LogP contribution in [0, 0.1) is 6.92 Å². The van der Waals surface area contributed by atoms with Crippen molar-refractivity contribution in [2.45, 2.75) is 32.1 Å². The predicted octanol–water partition coefficient (Wildman–Crippen LogP) is 4.32. The van der Waals surface area contributed by atoms with E-state index in [1.54, 1.807) is 0 Å². The van der Waals surface area contributed by atoms with E-state index in [4.69, 9.17) is 0 Å². The molecule has 0 unspecified atom stereocenters. The molecule has 1 heterocycles. The molecule has 0 fully saturated rings. The van der Waals surface area contributed by atoms with E-state index in [2.05, 4.69) is 78.7 Å². The first-order valence-corrected chi connectivity index (χ1v) is 7.83. The highest BCUT2D eigenvalue weighted by Gasteiger charge is 2.14. The van der Waals surface area contributed by atoms with Gasteiger partial charge in [0.1, 0.15) is 5.82 Å². The van der Waals surface area contributed by atoms with Crippen molar-refractivity contribution in [2.24, 2.45) is 0 Å². The van der Waals surface area contributed by atoms with E-state index in [0.29, 0.717) is 0 Å². The molecule has 18 heavy (non-hydrogen) atoms. The van der Waals surface area contributed by atoms with Crippen LogP contribution in [0.15, 0.2) is 22.7 Å². The largest absolute Gasteiger partial charge is 0.310 e. The average Bonchev–Trinajstić information content (AvgIpc) is 2.76. The standard InChI is InChI=1S/C13H15Br2N3/c1-3-6-18-12(8-14)16-17-13(18)10-7-9(2)4-5-11(10)15/h4-5,7H,3,6,8H2,1-2H3. The van der Waals surface area contributed by atoms with Crippen LogP contribution in [-0.2, 0) is 11.9 Å². The number of nitrogens with zero attached hydrogens (tertiary/aromatic N) is 3. The highest BCUT2D eigenvalue weighted by atomic mass is 79.9. The molecule has 0 bridgehead atoms. The van der Waals surface area contributed by atoms with Crippen molar-refractivity contribution >= 4 is 31.9 Å². The van der Waals surface area contributed by atoms with Gasteiger partial charge < -0.3 is 4.57 Å². The van der Waals surface area contributed by atoms with Crippen LogP contribution < -0.4 is 0 Å². The van der Waals surface area contributed by atoms with Gasteiger partial charge in [0.15, 0.2) is 5.82 Å². The zero-order valence-corrected chi connectivity index (χ0v) is 13.6. The van der Waals surface area contributed by atoms with Crippen molar-refractivity contribution in [3.05, 3.63) is 34.1 Å². The van der Waals surface area contributed by atoms with Gasteiger partial charge in [-0.05, 0) is 25.5 Å². The molecule has 3 nitrogen and oxygen atoms in total. The lowest BCUT2D eigenvalue weighted by atomic mass is 10.1. The lowest BCUT2D eigenvalue weighted by Crippen LogP contribution is -2.04. The fourth-order valence-corrected chi connectivity index (χ4v) is 2.74. The number of hydrogen-bond donors (Lipinski definition) is 0. The van der Waals surface area contributed by atoms with E-state index >= 15 is 0 Å². The number of rotatable bonds is 4. The van der Waals surface area contributed by atoms with E-state index in [1.807, 2.05) is 0 Å². The summed E-state index contributed by atoms with van der Waals surface area (Å²) < 4.78 is 3.23. The monoisotopic (exact) mass is 371 g/mol. The SMILES string of the molecule is CCCn1c(CBr)nnc1-c1cc(C)ccc1Br. The molecule has 0 N–H and O–H groups in total. The maximum Gasteiger partial charge on any atom is 0.165 e. The van der Waals surface area contributed by atoms with Crippen LogP contribution in [0.4, 0.5) is 0 Å². The Bertz CT molecular complexity index is 549. The number of aryl methyl sites for hydroxylation is 1. The van der Waals surface area contributed by atoms with Gasteiger partial charge in [-0.3, -0.25) is 0 Å². The Hall–Kier alpha value is -0.680. The molecule has 0 spiro atoms. The average molecular weight is 373 g/mol. The molecule has 96 valence electrons. The summed E-state index contributed by atoms with van der Waals surface area (Å²) in [4.78, 5) is 0. The van der Waals surface area contributed by atoms with Gasteiger partial charge >= 0.3 is 0 Å². The summed E-state index contributed by atoms with van der Waals surface area (Å²) in [7, 11) is 0. The van der Waals surface area contributed by atoms with Crippen molar-refractivity contribution in [3.8, 4) is 11.4 Å². The van der Waals surface area contributed by atoms with Gasteiger partial charge in [0.2, 0.25) is 0 Å². The zero-order chi connectivity index (χ0) is 13.1. The number of alkyl halides is 1. The summed E-state index contributed by atoms with van der Waals surface area (Å²) in [5.74, 6) is 1.90. The smallest absolute Gasteiger partial charge is 0.165 e. The van der Waals surface area contributed by atoms with Crippen LogP contribution in [0.2, 0.25) is 0 Å². The summed E-state index contributed by atoms with van der Waals surface area (Å²) in [6, 6.07) is 6.28. The predicted molar refractivity (Wildman–Crippen MR) is 80.8 cm³/mol. The third-order valence-electron chi connectivity index (χ3n) is 2.76. The third kappa shape index (κ3) is 2.67. The van der Waals surface area contributed by atoms with Crippen molar-refractivity contribution in [1.82, 2.24) is 14.8 Å². The van der Waals surface area contributed by atoms with Crippen molar-refractivity contribution in [2.75, 3.05) is 0 Å². The molecule has 0 saturated carbocycles. The number of aromatic nitrogens is 3. The van der Waals surface area contributed by atoms with Gasteiger partial charge in [-0.25, -0.2) is 0 Å². The first kappa shape index (κ1) is 13.7. The van der Waals surface area contributed by atoms with Gasteiger partial charge in [-0.1, -0.05) is 50.4 Å². The highest BCUT2D eigenvalue weighted by Crippen LogP contribution is 2.28. The van der Waals surface area contributed by atoms with Crippen LogP contribution in [0.25, 0.3) is 11.4 Å². The third-order valence-corrected chi connectivity index (χ3v) is 3.95. The molecule has 2 aromatic rings. The number of benzene rings is 1. The van der Waals surface area contributed by atoms with Crippen LogP contribution in [0.1, 0.15) is 24.7 Å². The Morgan fingerprint density at radius 2 is 2.06 bits per heavy atom. The Labute approximate surface area is 124 Å². The highest BCUT2D eigenvalue weighted by molar-refractivity contribution is 9.10. The fourth-order valence-electron chi connectivity index (χ4n) is 1.90. The van der Waals surface area contributed by atoms with Gasteiger partial charge in [-0.2, -0.15) is 0 Å². The maximum absolute atomic E-state index is 4.33. The van der Waals surface area contributed by atoms with E-state index in [-0.39, 0.29) is 0 Å². The molecule has 1 aromatic heterocycles. The van der Waals surface area contributed by atoms with E-state index < -0.39 is 0 Å². The number of halogens is 2. The Morgan fingerprint density at radius 1 is 1.28 bits per heavy atom. The normalized spacial score (nSPS) is 10.9. The summed E-state index contributed by atoms with van der Waals surface area (Å²) in [5.41, 5.74) is 2.32. The zero-order valence-electron chi connectivity index (χ0n) is 10.5. The van der Waals surface area contributed by atoms with Gasteiger partial charge in [0.25, 0.3) is 0 Å². The minimum Gasteiger partial charge on any atom is -0.310 e. The molecule has 0 atom stereocenters. The summed E-state index contributed by atoms with van der Waals surface area (Å²) in [6.07, 6.45) is 1.06. The minimum absolute atomic E-state index is 0.726. The van der Waals surface area contributed by atoms with Gasteiger partial charge in [0.05, 0.1) is 5.33 Å². The second-order valence-corrected chi connectivity index (χ2v) is 5.62. The van der Waals surface area contributed by atoms with E-state index in [9.17, 15) is 0 Å². The first-order valence-electron chi connectivity index (χ1n) is 5.92. The van der Waals surface area contributed by atoms with Gasteiger partial charge in [-0.15, -0.1) is 10.2 Å². The summed E-state index contributed by atoms with van der Waals surface area (Å²) >= 11 is 7.05. The summed E-state index contributed by atoms with van der Waals surface area (Å²) in [6.45, 7) is 5.18. The van der Waals surface area contributed by atoms with Crippen molar-refractivity contribution < 1.29 is 0 Å². The maximum atomic E-state index is 4.33. The van der Waals surface area contributed by atoms with Crippen LogP contribution in [0.3, 0.4) is 0 Å². The molecular weight excluding hydrogens is 358 g/mol. The lowest BCUT2D eigenvalue weighted by Gasteiger charge is -2.09. The van der Waals surface area contributed by atoms with Crippen molar-refractivity contribution in [1.29, 1.82) is 0 Å². The Balaban J connectivity index is 2.56. The molecule has 0 saturated heterocycles. The second-order valence-electron chi connectivity index (χ2n) is 4.21. The van der Waals surface area contributed by atoms with Crippen LogP contribution in [0.5, 0.6) is 0 Å². The van der Waals surface area contributed by atoms with E-state index in [0.717, 1.165) is 40.0 Å². The van der Waals surface area contributed by atoms with Gasteiger partial charge in [0, 0.05) is 16.6 Å². The Morgan fingerprint density at radius 3 is 2.72 bits per heavy atom. The molecule has 0 aliphatic carbocycles. The molecule has 1 aromatic carbocycles. The summed E-state index contributed by atoms with van der Waals surface area (Å²) in [5, 5.41) is 9.30. The fraction of sp³-hybridized carbons (Fsp3) is 0.385. The molecule has 5 heteroatoms. The molecular formula is C13H15Br2N3. The molecule has 0 amide bonds. The lowest BCUT2D eigenvalue weighted by molar-refractivity contribution is 0.661. The minimum atomic E-state index is 0.726. The Kier molecular flexibility index (Phi) is 4.56. The molecule has 2 rings (SSSR count). The van der Waals surface area contributed by atoms with Crippen LogP contribution >= 0.6 is 31.9 Å². The quantitative estimate of drug-likeness (QED) is 0.748. The first-order chi connectivity index (χ1) is 8.67.